The van der Waals surface area contributed by atoms with Crippen LogP contribution >= 0.6 is 0 Å². The third-order valence-corrected chi connectivity index (χ3v) is 3.27. The standard InChI is InChI=1S/C15H20F3NO/c1-11(2)10-20-14-8-12(15(16,17)18)7-13(9-14)19-5-3-4-6-19/h7-9,11H,3-6,10H2,1-2H3. The average Bonchev–Trinajstić information content (AvgIpc) is 2.89. The zero-order valence-corrected chi connectivity index (χ0v) is 11.8. The summed E-state index contributed by atoms with van der Waals surface area (Å²) in [5, 5.41) is 0. The maximum absolute atomic E-state index is 13.0. The van der Waals surface area contributed by atoms with Crippen molar-refractivity contribution in [2.75, 3.05) is 24.6 Å². The zero-order chi connectivity index (χ0) is 14.8. The molecule has 0 spiro atoms. The molecule has 112 valence electrons. The largest absolute Gasteiger partial charge is 0.493 e. The van der Waals surface area contributed by atoms with E-state index in [0.717, 1.165) is 32.0 Å². The summed E-state index contributed by atoms with van der Waals surface area (Å²) in [5.41, 5.74) is -0.0308. The van der Waals surface area contributed by atoms with E-state index in [-0.39, 0.29) is 5.92 Å². The summed E-state index contributed by atoms with van der Waals surface area (Å²) in [6, 6.07) is 4.01. The number of hydrogen-bond acceptors (Lipinski definition) is 2. The lowest BCUT2D eigenvalue weighted by Crippen LogP contribution is -2.19. The SMILES string of the molecule is CC(C)COc1cc(N2CCCC2)cc(C(F)(F)F)c1. The molecule has 0 aliphatic carbocycles. The van der Waals surface area contributed by atoms with Crippen molar-refractivity contribution >= 4 is 5.69 Å². The van der Waals surface area contributed by atoms with Gasteiger partial charge in [0, 0.05) is 24.8 Å². The van der Waals surface area contributed by atoms with Crippen molar-refractivity contribution in [3.8, 4) is 5.75 Å². The minimum Gasteiger partial charge on any atom is -0.493 e. The van der Waals surface area contributed by atoms with Crippen LogP contribution in [0.1, 0.15) is 32.3 Å². The van der Waals surface area contributed by atoms with Crippen molar-refractivity contribution in [1.29, 1.82) is 0 Å². The van der Waals surface area contributed by atoms with Crippen molar-refractivity contribution in [2.45, 2.75) is 32.9 Å². The molecule has 0 N–H and O–H groups in total. The fraction of sp³-hybridized carbons (Fsp3) is 0.600. The maximum atomic E-state index is 13.0. The van der Waals surface area contributed by atoms with Gasteiger partial charge in [-0.1, -0.05) is 13.8 Å². The fourth-order valence-electron chi connectivity index (χ4n) is 2.25. The van der Waals surface area contributed by atoms with E-state index in [4.69, 9.17) is 4.74 Å². The number of ether oxygens (including phenoxy) is 1. The summed E-state index contributed by atoms with van der Waals surface area (Å²) in [6.07, 6.45) is -2.29. The van der Waals surface area contributed by atoms with E-state index in [1.54, 1.807) is 6.07 Å². The monoisotopic (exact) mass is 287 g/mol. The van der Waals surface area contributed by atoms with E-state index < -0.39 is 11.7 Å². The molecule has 1 aromatic carbocycles. The fourth-order valence-corrected chi connectivity index (χ4v) is 2.25. The van der Waals surface area contributed by atoms with Gasteiger partial charge in [-0.25, -0.2) is 0 Å². The van der Waals surface area contributed by atoms with Gasteiger partial charge in [0.2, 0.25) is 0 Å². The number of halogens is 3. The Bertz CT molecular complexity index is 451. The van der Waals surface area contributed by atoms with Gasteiger partial charge < -0.3 is 9.64 Å². The molecule has 1 heterocycles. The van der Waals surface area contributed by atoms with Crippen LogP contribution in [0.2, 0.25) is 0 Å². The molecule has 0 aromatic heterocycles. The molecule has 1 aromatic rings. The lowest BCUT2D eigenvalue weighted by molar-refractivity contribution is -0.137. The Morgan fingerprint density at radius 1 is 1.15 bits per heavy atom. The van der Waals surface area contributed by atoms with Gasteiger partial charge in [-0.2, -0.15) is 13.2 Å². The highest BCUT2D eigenvalue weighted by molar-refractivity contribution is 5.54. The highest BCUT2D eigenvalue weighted by atomic mass is 19.4. The van der Waals surface area contributed by atoms with Crippen molar-refractivity contribution in [2.24, 2.45) is 5.92 Å². The highest BCUT2D eigenvalue weighted by Gasteiger charge is 2.32. The Kier molecular flexibility index (Phi) is 4.45. The normalized spacial score (nSPS) is 16.0. The van der Waals surface area contributed by atoms with Crippen molar-refractivity contribution in [1.82, 2.24) is 0 Å². The molecule has 1 fully saturated rings. The van der Waals surface area contributed by atoms with Gasteiger partial charge >= 0.3 is 6.18 Å². The van der Waals surface area contributed by atoms with E-state index in [9.17, 15) is 13.2 Å². The molecule has 1 saturated heterocycles. The van der Waals surface area contributed by atoms with Crippen LogP contribution in [0.25, 0.3) is 0 Å². The summed E-state index contributed by atoms with van der Waals surface area (Å²) in [5.74, 6) is 0.579. The van der Waals surface area contributed by atoms with Gasteiger partial charge in [0.1, 0.15) is 5.75 Å². The summed E-state index contributed by atoms with van der Waals surface area (Å²) >= 11 is 0. The van der Waals surface area contributed by atoms with Crippen LogP contribution in [0.3, 0.4) is 0 Å². The molecule has 2 nitrogen and oxygen atoms in total. The minimum atomic E-state index is -4.34. The topological polar surface area (TPSA) is 12.5 Å². The lowest BCUT2D eigenvalue weighted by atomic mass is 10.1. The first kappa shape index (κ1) is 15.0. The summed E-state index contributed by atoms with van der Waals surface area (Å²) in [4.78, 5) is 1.98. The van der Waals surface area contributed by atoms with Gasteiger partial charge in [-0.15, -0.1) is 0 Å². The molecule has 0 saturated carbocycles. The number of nitrogens with zero attached hydrogens (tertiary/aromatic N) is 1. The smallest absolute Gasteiger partial charge is 0.416 e. The van der Waals surface area contributed by atoms with Crippen LogP contribution in [-0.2, 0) is 6.18 Å². The van der Waals surface area contributed by atoms with Crippen LogP contribution in [0, 0.1) is 5.92 Å². The van der Waals surface area contributed by atoms with Gasteiger partial charge in [0.05, 0.1) is 12.2 Å². The van der Waals surface area contributed by atoms with E-state index in [1.165, 1.54) is 6.07 Å². The third kappa shape index (κ3) is 3.81. The Labute approximate surface area is 117 Å². The highest BCUT2D eigenvalue weighted by Crippen LogP contribution is 2.36. The molecular weight excluding hydrogens is 267 g/mol. The molecule has 0 radical (unpaired) electrons. The predicted molar refractivity (Wildman–Crippen MR) is 73.2 cm³/mol. The van der Waals surface area contributed by atoms with Crippen LogP contribution < -0.4 is 9.64 Å². The summed E-state index contributed by atoms with van der Waals surface area (Å²) in [7, 11) is 0. The molecule has 2 rings (SSSR count). The molecule has 1 aliphatic rings. The minimum absolute atomic E-state index is 0.278. The summed E-state index contributed by atoms with van der Waals surface area (Å²) in [6.45, 7) is 5.97. The molecular formula is C15H20F3NO. The number of hydrogen-bond donors (Lipinski definition) is 0. The first-order chi connectivity index (χ1) is 9.36. The van der Waals surface area contributed by atoms with E-state index in [1.807, 2.05) is 18.7 Å². The van der Waals surface area contributed by atoms with E-state index in [0.29, 0.717) is 18.0 Å². The van der Waals surface area contributed by atoms with Crippen LogP contribution in [0.4, 0.5) is 18.9 Å². The van der Waals surface area contributed by atoms with Crippen molar-refractivity contribution in [3.63, 3.8) is 0 Å². The maximum Gasteiger partial charge on any atom is 0.416 e. The molecule has 0 amide bonds. The third-order valence-electron chi connectivity index (χ3n) is 3.27. The Balaban J connectivity index is 2.28. The van der Waals surface area contributed by atoms with Crippen molar-refractivity contribution < 1.29 is 17.9 Å². The van der Waals surface area contributed by atoms with Crippen LogP contribution in [0.15, 0.2) is 18.2 Å². The summed E-state index contributed by atoms with van der Waals surface area (Å²) < 4.78 is 44.4. The van der Waals surface area contributed by atoms with E-state index >= 15 is 0 Å². The Hall–Kier alpha value is -1.39. The number of rotatable bonds is 4. The molecule has 0 bridgehead atoms. The molecule has 20 heavy (non-hydrogen) atoms. The molecule has 1 aliphatic heterocycles. The van der Waals surface area contributed by atoms with Gasteiger partial charge in [-0.3, -0.25) is 0 Å². The molecule has 0 unspecified atom stereocenters. The Morgan fingerprint density at radius 2 is 1.80 bits per heavy atom. The second-order valence-electron chi connectivity index (χ2n) is 5.61. The number of benzene rings is 1. The quantitative estimate of drug-likeness (QED) is 0.816. The van der Waals surface area contributed by atoms with Crippen LogP contribution in [-0.4, -0.2) is 19.7 Å². The predicted octanol–water partition coefficient (Wildman–Crippen LogP) is 4.34. The second kappa shape index (κ2) is 5.94. The average molecular weight is 287 g/mol. The van der Waals surface area contributed by atoms with Gasteiger partial charge in [-0.05, 0) is 30.9 Å². The Morgan fingerprint density at radius 3 is 2.35 bits per heavy atom. The lowest BCUT2D eigenvalue weighted by Gasteiger charge is -2.21. The van der Waals surface area contributed by atoms with E-state index in [2.05, 4.69) is 0 Å². The van der Waals surface area contributed by atoms with Gasteiger partial charge in [0.15, 0.2) is 0 Å². The zero-order valence-electron chi connectivity index (χ0n) is 11.8. The second-order valence-corrected chi connectivity index (χ2v) is 5.61. The molecule has 5 heteroatoms. The first-order valence-electron chi connectivity index (χ1n) is 6.96. The van der Waals surface area contributed by atoms with Gasteiger partial charge in [0.25, 0.3) is 0 Å². The first-order valence-corrected chi connectivity index (χ1v) is 6.96. The number of alkyl halides is 3. The van der Waals surface area contributed by atoms with Crippen molar-refractivity contribution in [3.05, 3.63) is 23.8 Å². The van der Waals surface area contributed by atoms with Crippen LogP contribution in [0.5, 0.6) is 5.75 Å². The molecule has 0 atom stereocenters. The number of anilines is 1.